The highest BCUT2D eigenvalue weighted by atomic mass is 28.3. The first kappa shape index (κ1) is 11.0. The van der Waals surface area contributed by atoms with Gasteiger partial charge in [0.15, 0.2) is 0 Å². The molecule has 1 saturated heterocycles. The van der Waals surface area contributed by atoms with Crippen molar-refractivity contribution in [2.24, 2.45) is 0 Å². The quantitative estimate of drug-likeness (QED) is 0.626. The third-order valence-corrected chi connectivity index (χ3v) is 3.62. The minimum absolute atomic E-state index is 0.444. The fourth-order valence-corrected chi connectivity index (χ4v) is 2.55. The molecule has 0 saturated carbocycles. The van der Waals surface area contributed by atoms with Gasteiger partial charge >= 0.3 is 0 Å². The second-order valence-electron chi connectivity index (χ2n) is 4.36. The molecule has 76 valence electrons. The van der Waals surface area contributed by atoms with Crippen molar-refractivity contribution in [3.63, 3.8) is 0 Å². The van der Waals surface area contributed by atoms with E-state index in [9.17, 15) is 0 Å². The highest BCUT2D eigenvalue weighted by Gasteiger charge is 2.07. The fraction of sp³-hybridized carbons (Fsp3) is 0.818. The molecule has 0 unspecified atom stereocenters. The van der Waals surface area contributed by atoms with Crippen LogP contribution in [0, 0.1) is 0 Å². The van der Waals surface area contributed by atoms with Crippen LogP contribution in [0.2, 0.25) is 13.1 Å². The van der Waals surface area contributed by atoms with Gasteiger partial charge in [0.2, 0.25) is 0 Å². The van der Waals surface area contributed by atoms with Crippen LogP contribution < -0.4 is 0 Å². The van der Waals surface area contributed by atoms with E-state index >= 15 is 0 Å². The Morgan fingerprint density at radius 3 is 2.46 bits per heavy atom. The Hall–Kier alpha value is -0.0831. The van der Waals surface area contributed by atoms with Gasteiger partial charge in [-0.2, -0.15) is 0 Å². The van der Waals surface area contributed by atoms with Crippen LogP contribution in [-0.2, 0) is 0 Å². The maximum Gasteiger partial charge on any atom is 0.0549 e. The van der Waals surface area contributed by atoms with Gasteiger partial charge in [0, 0.05) is 6.54 Å². The summed E-state index contributed by atoms with van der Waals surface area (Å²) in [5, 5.41) is 0. The van der Waals surface area contributed by atoms with Crippen molar-refractivity contribution >= 4 is 8.80 Å². The zero-order valence-corrected chi connectivity index (χ0v) is 10.3. The van der Waals surface area contributed by atoms with Crippen LogP contribution >= 0.6 is 0 Å². The lowest BCUT2D eigenvalue weighted by Gasteiger charge is -2.25. The monoisotopic (exact) mass is 197 g/mol. The van der Waals surface area contributed by atoms with E-state index in [1.54, 1.807) is 0 Å². The average molecular weight is 197 g/mol. The summed E-state index contributed by atoms with van der Waals surface area (Å²) in [6.07, 6.45) is 7.95. The lowest BCUT2D eigenvalue weighted by Crippen LogP contribution is -2.30. The summed E-state index contributed by atoms with van der Waals surface area (Å²) >= 11 is 0. The molecule has 1 rings (SSSR count). The summed E-state index contributed by atoms with van der Waals surface area (Å²) in [4.78, 5) is 2.61. The molecule has 1 aliphatic rings. The van der Waals surface area contributed by atoms with Crippen LogP contribution in [-0.4, -0.2) is 33.3 Å². The Morgan fingerprint density at radius 1 is 1.15 bits per heavy atom. The highest BCUT2D eigenvalue weighted by molar-refractivity contribution is 6.61. The predicted molar refractivity (Wildman–Crippen MR) is 62.9 cm³/mol. The van der Waals surface area contributed by atoms with E-state index in [1.807, 2.05) is 0 Å². The smallest absolute Gasteiger partial charge is 0.0549 e. The van der Waals surface area contributed by atoms with Gasteiger partial charge in [-0.15, -0.1) is 5.70 Å². The third kappa shape index (κ3) is 5.27. The number of hydrogen-bond acceptors (Lipinski definition) is 1. The predicted octanol–water partition coefficient (Wildman–Crippen LogP) is 2.44. The third-order valence-electron chi connectivity index (χ3n) is 2.58. The minimum Gasteiger partial charge on any atom is -0.303 e. The molecule has 13 heavy (non-hydrogen) atoms. The Bertz CT molecular complexity index is 148. The lowest BCUT2D eigenvalue weighted by atomic mass is 10.1. The van der Waals surface area contributed by atoms with Crippen molar-refractivity contribution < 1.29 is 0 Å². The van der Waals surface area contributed by atoms with Crippen LogP contribution in [0.25, 0.3) is 0 Å². The van der Waals surface area contributed by atoms with Gasteiger partial charge in [0.05, 0.1) is 8.80 Å². The van der Waals surface area contributed by atoms with Gasteiger partial charge in [0.1, 0.15) is 0 Å². The summed E-state index contributed by atoms with van der Waals surface area (Å²) < 4.78 is 0. The van der Waals surface area contributed by atoms with E-state index in [2.05, 4.69) is 29.8 Å². The van der Waals surface area contributed by atoms with Gasteiger partial charge in [-0.05, 0) is 32.4 Å². The summed E-state index contributed by atoms with van der Waals surface area (Å²) in [7, 11) is -0.444. The topological polar surface area (TPSA) is 3.24 Å². The Labute approximate surface area is 84.4 Å². The van der Waals surface area contributed by atoms with Crippen LogP contribution in [0.3, 0.4) is 0 Å². The molecule has 1 nitrogen and oxygen atoms in total. The van der Waals surface area contributed by atoms with Crippen molar-refractivity contribution in [2.45, 2.75) is 38.8 Å². The highest BCUT2D eigenvalue weighted by Crippen LogP contribution is 2.08. The summed E-state index contributed by atoms with van der Waals surface area (Å²) in [5.74, 6) is 0. The zero-order chi connectivity index (χ0) is 9.52. The van der Waals surface area contributed by atoms with Crippen LogP contribution in [0.4, 0.5) is 0 Å². The molecule has 0 aliphatic carbocycles. The van der Waals surface area contributed by atoms with Crippen molar-refractivity contribution in [3.8, 4) is 0 Å². The molecule has 0 N–H and O–H groups in total. The first-order valence-electron chi connectivity index (χ1n) is 5.68. The number of hydrogen-bond donors (Lipinski definition) is 0. The zero-order valence-electron chi connectivity index (χ0n) is 9.13. The fourth-order valence-electron chi connectivity index (χ4n) is 1.81. The van der Waals surface area contributed by atoms with Crippen molar-refractivity contribution in [1.29, 1.82) is 0 Å². The van der Waals surface area contributed by atoms with Crippen LogP contribution in [0.5, 0.6) is 0 Å². The summed E-state index contributed by atoms with van der Waals surface area (Å²) in [5.41, 5.74) is 2.45. The van der Waals surface area contributed by atoms with E-state index in [0.717, 1.165) is 0 Å². The maximum atomic E-state index is 2.61. The van der Waals surface area contributed by atoms with Gasteiger partial charge in [0.25, 0.3) is 0 Å². The van der Waals surface area contributed by atoms with Crippen molar-refractivity contribution in [3.05, 3.63) is 11.8 Å². The average Bonchev–Trinajstić information content (AvgIpc) is 2.14. The number of likely N-dealkylation sites (tertiary alicyclic amines) is 1. The second kappa shape index (κ2) is 6.38. The molecule has 0 bridgehead atoms. The van der Waals surface area contributed by atoms with Gasteiger partial charge in [-0.3, -0.25) is 0 Å². The number of rotatable bonds is 4. The number of piperidine rings is 1. The van der Waals surface area contributed by atoms with E-state index in [0.29, 0.717) is 0 Å². The molecule has 0 atom stereocenters. The SMILES string of the molecule is C[SiH](C)C=CCCN1CCCCC1. The molecule has 1 aliphatic heterocycles. The molecular weight excluding hydrogens is 174 g/mol. The molecular formula is C11H23NSi. The molecule has 0 spiro atoms. The van der Waals surface area contributed by atoms with E-state index in [1.165, 1.54) is 45.3 Å². The van der Waals surface area contributed by atoms with Gasteiger partial charge < -0.3 is 4.90 Å². The molecule has 0 radical (unpaired) electrons. The first-order chi connectivity index (χ1) is 6.29. The molecule has 1 fully saturated rings. The maximum absolute atomic E-state index is 2.61. The molecule has 1 heterocycles. The van der Waals surface area contributed by atoms with Crippen LogP contribution in [0.15, 0.2) is 11.8 Å². The standard InChI is InChI=1S/C11H23NSi/c1-13(2)11-7-6-10-12-8-4-3-5-9-12/h7,11,13H,3-6,8-10H2,1-2H3. The Balaban J connectivity index is 2.04. The molecule has 0 aromatic heterocycles. The number of nitrogens with zero attached hydrogens (tertiary/aromatic N) is 1. The largest absolute Gasteiger partial charge is 0.303 e. The Morgan fingerprint density at radius 2 is 1.85 bits per heavy atom. The van der Waals surface area contributed by atoms with Crippen LogP contribution in [0.1, 0.15) is 25.7 Å². The molecule has 0 aromatic carbocycles. The summed E-state index contributed by atoms with van der Waals surface area (Å²) in [6.45, 7) is 8.71. The van der Waals surface area contributed by atoms with Crippen molar-refractivity contribution in [2.75, 3.05) is 19.6 Å². The van der Waals surface area contributed by atoms with Gasteiger partial charge in [-0.1, -0.05) is 25.6 Å². The van der Waals surface area contributed by atoms with Gasteiger partial charge in [-0.25, -0.2) is 0 Å². The lowest BCUT2D eigenvalue weighted by molar-refractivity contribution is 0.233. The molecule has 0 amide bonds. The van der Waals surface area contributed by atoms with E-state index < -0.39 is 8.80 Å². The van der Waals surface area contributed by atoms with Crippen molar-refractivity contribution in [1.82, 2.24) is 4.90 Å². The normalized spacial score (nSPS) is 20.2. The van der Waals surface area contributed by atoms with E-state index in [-0.39, 0.29) is 0 Å². The van der Waals surface area contributed by atoms with E-state index in [4.69, 9.17) is 0 Å². The molecule has 0 aromatic rings. The summed E-state index contributed by atoms with van der Waals surface area (Å²) in [6, 6.07) is 0. The first-order valence-corrected chi connectivity index (χ1v) is 8.65. The minimum atomic E-state index is -0.444. The second-order valence-corrected chi connectivity index (χ2v) is 7.24. The molecule has 2 heteroatoms. The Kier molecular flexibility index (Phi) is 5.40.